The largest absolute Gasteiger partial charge is 0.508 e. The molecule has 0 amide bonds. The Morgan fingerprint density at radius 2 is 1.97 bits per heavy atom. The van der Waals surface area contributed by atoms with Crippen LogP contribution in [0.4, 0.5) is 5.69 Å². The normalized spacial score (nSPS) is 11.2. The average Bonchev–Trinajstić information content (AvgIpc) is 2.69. The van der Waals surface area contributed by atoms with Crippen LogP contribution in [-0.4, -0.2) is 23.4 Å². The molecule has 0 fully saturated rings. The first kappa shape index (κ1) is 20.2. The second-order valence-electron chi connectivity index (χ2n) is 6.53. The third-order valence-corrected chi connectivity index (χ3v) is 6.13. The summed E-state index contributed by atoms with van der Waals surface area (Å²) in [5.74, 6) is -0.819. The number of pyridine rings is 1. The van der Waals surface area contributed by atoms with Crippen LogP contribution in [0.25, 0.3) is 16.9 Å². The molecule has 8 heteroatoms. The highest BCUT2D eigenvalue weighted by molar-refractivity contribution is 7.90. The van der Waals surface area contributed by atoms with E-state index in [4.69, 9.17) is 0 Å². The molecule has 0 spiro atoms. The first-order valence-corrected chi connectivity index (χ1v) is 10.2. The molecule has 3 aromatic rings. The Balaban J connectivity index is 2.11. The molecule has 3 rings (SSSR count). The fraction of sp³-hybridized carbons (Fsp3) is 0.0952. The summed E-state index contributed by atoms with van der Waals surface area (Å²) in [5.41, 5.74) is 2.13. The first-order valence-electron chi connectivity index (χ1n) is 8.58. The van der Waals surface area contributed by atoms with Crippen LogP contribution in [0.5, 0.6) is 0 Å². The summed E-state index contributed by atoms with van der Waals surface area (Å²) >= 11 is 0. The molecule has 0 atom stereocenters. The predicted molar refractivity (Wildman–Crippen MR) is 110 cm³/mol. The second-order valence-corrected chi connectivity index (χ2v) is 8.52. The zero-order valence-corrected chi connectivity index (χ0v) is 16.4. The van der Waals surface area contributed by atoms with Crippen molar-refractivity contribution >= 4 is 21.3 Å². The van der Waals surface area contributed by atoms with Crippen molar-refractivity contribution in [2.24, 2.45) is 0 Å². The van der Waals surface area contributed by atoms with Crippen molar-refractivity contribution in [2.75, 3.05) is 0 Å². The minimum atomic E-state index is -3.91. The molecule has 1 N–H and O–H groups in total. The number of sulfone groups is 1. The quantitative estimate of drug-likeness (QED) is 0.365. The van der Waals surface area contributed by atoms with E-state index in [1.807, 2.05) is 0 Å². The number of aryl methyl sites for hydroxylation is 1. The first-order chi connectivity index (χ1) is 13.7. The lowest BCUT2D eigenvalue weighted by Crippen LogP contribution is -2.08. The second kappa shape index (κ2) is 7.84. The predicted octanol–water partition coefficient (Wildman–Crippen LogP) is 4.47. The summed E-state index contributed by atoms with van der Waals surface area (Å²) in [6.07, 6.45) is 3.22. The van der Waals surface area contributed by atoms with E-state index >= 15 is 0 Å². The topological polar surface area (TPSA) is 110 Å². The molecule has 29 heavy (non-hydrogen) atoms. The number of nitro benzene ring substituents is 1. The molecule has 0 unspecified atom stereocenters. The highest BCUT2D eigenvalue weighted by Gasteiger charge is 2.24. The number of hydrogen-bond donors (Lipinski definition) is 1. The average molecular weight is 410 g/mol. The number of aliphatic hydroxyl groups is 1. The standard InChI is InChI=1S/C21H18N2O5S/c1-14-9-21(23(25)26)18(11-20(14)17-6-4-8-22-12-17)13-29(27,28)19-7-3-5-16(10-19)15(2)24/h3-12,24H,2,13H2,1H3. The van der Waals surface area contributed by atoms with Crippen LogP contribution in [0.3, 0.4) is 0 Å². The Morgan fingerprint density at radius 1 is 1.21 bits per heavy atom. The monoisotopic (exact) mass is 410 g/mol. The molecule has 1 heterocycles. The molecule has 0 saturated carbocycles. The number of rotatable bonds is 6. The minimum absolute atomic E-state index is 0.0528. The van der Waals surface area contributed by atoms with Gasteiger partial charge in [0.05, 0.1) is 15.6 Å². The number of hydrogen-bond acceptors (Lipinski definition) is 6. The zero-order chi connectivity index (χ0) is 21.2. The van der Waals surface area contributed by atoms with Gasteiger partial charge in [-0.1, -0.05) is 24.8 Å². The minimum Gasteiger partial charge on any atom is -0.508 e. The number of benzene rings is 2. The highest BCUT2D eigenvalue weighted by atomic mass is 32.2. The summed E-state index contributed by atoms with van der Waals surface area (Å²) < 4.78 is 25.9. The van der Waals surface area contributed by atoms with E-state index in [9.17, 15) is 23.6 Å². The van der Waals surface area contributed by atoms with Gasteiger partial charge in [0.25, 0.3) is 5.69 Å². The van der Waals surface area contributed by atoms with Crippen molar-refractivity contribution in [3.05, 3.63) is 94.3 Å². The fourth-order valence-corrected chi connectivity index (χ4v) is 4.41. The van der Waals surface area contributed by atoms with Crippen LogP contribution < -0.4 is 0 Å². The molecule has 0 bridgehead atoms. The summed E-state index contributed by atoms with van der Waals surface area (Å²) in [6, 6.07) is 12.1. The highest BCUT2D eigenvalue weighted by Crippen LogP contribution is 2.32. The summed E-state index contributed by atoms with van der Waals surface area (Å²) in [7, 11) is -3.91. The van der Waals surface area contributed by atoms with Crippen LogP contribution in [-0.2, 0) is 15.6 Å². The van der Waals surface area contributed by atoms with Gasteiger partial charge in [-0.2, -0.15) is 0 Å². The SMILES string of the molecule is C=C(O)c1cccc(S(=O)(=O)Cc2cc(-c3cccnc3)c(C)cc2[N+](=O)[O-])c1. The maximum atomic E-state index is 12.9. The summed E-state index contributed by atoms with van der Waals surface area (Å²) in [6.45, 7) is 5.12. The van der Waals surface area contributed by atoms with E-state index in [2.05, 4.69) is 11.6 Å². The van der Waals surface area contributed by atoms with E-state index in [1.165, 1.54) is 36.4 Å². The van der Waals surface area contributed by atoms with Crippen molar-refractivity contribution in [3.8, 4) is 11.1 Å². The van der Waals surface area contributed by atoms with Crippen molar-refractivity contribution < 1.29 is 18.4 Å². The third-order valence-electron chi connectivity index (χ3n) is 4.47. The number of nitrogens with zero attached hydrogens (tertiary/aromatic N) is 2. The van der Waals surface area contributed by atoms with Crippen molar-refractivity contribution in [2.45, 2.75) is 17.6 Å². The smallest absolute Gasteiger partial charge is 0.273 e. The molecule has 7 nitrogen and oxygen atoms in total. The van der Waals surface area contributed by atoms with Gasteiger partial charge in [0.1, 0.15) is 5.76 Å². The lowest BCUT2D eigenvalue weighted by molar-refractivity contribution is -0.385. The van der Waals surface area contributed by atoms with Gasteiger partial charge >= 0.3 is 0 Å². The number of aromatic nitrogens is 1. The Morgan fingerprint density at radius 3 is 2.59 bits per heavy atom. The summed E-state index contributed by atoms with van der Waals surface area (Å²) in [4.78, 5) is 15.0. The number of aliphatic hydroxyl groups excluding tert-OH is 1. The van der Waals surface area contributed by atoms with Crippen LogP contribution in [0.15, 0.2) is 72.4 Å². The Hall–Kier alpha value is -3.52. The molecular formula is C21H18N2O5S. The van der Waals surface area contributed by atoms with Crippen LogP contribution in [0, 0.1) is 17.0 Å². The van der Waals surface area contributed by atoms with Crippen LogP contribution in [0.1, 0.15) is 16.7 Å². The molecule has 0 radical (unpaired) electrons. The molecule has 0 aliphatic heterocycles. The van der Waals surface area contributed by atoms with Crippen LogP contribution in [0.2, 0.25) is 0 Å². The third kappa shape index (κ3) is 4.33. The summed E-state index contributed by atoms with van der Waals surface area (Å²) in [5, 5.41) is 21.1. The van der Waals surface area contributed by atoms with Gasteiger partial charge in [-0.25, -0.2) is 8.42 Å². The van der Waals surface area contributed by atoms with Crippen molar-refractivity contribution in [1.29, 1.82) is 0 Å². The molecule has 0 aliphatic carbocycles. The maximum absolute atomic E-state index is 12.9. The van der Waals surface area contributed by atoms with E-state index in [1.54, 1.807) is 31.5 Å². The van der Waals surface area contributed by atoms with Gasteiger partial charge in [0.15, 0.2) is 9.84 Å². The fourth-order valence-electron chi connectivity index (χ4n) is 3.01. The Kier molecular flexibility index (Phi) is 5.47. The molecule has 148 valence electrons. The van der Waals surface area contributed by atoms with Gasteiger partial charge in [0.2, 0.25) is 0 Å². The molecule has 0 aliphatic rings. The molecular weight excluding hydrogens is 392 g/mol. The van der Waals surface area contributed by atoms with Crippen molar-refractivity contribution in [1.82, 2.24) is 4.98 Å². The maximum Gasteiger partial charge on any atom is 0.273 e. The lowest BCUT2D eigenvalue weighted by atomic mass is 9.98. The van der Waals surface area contributed by atoms with Gasteiger partial charge in [-0.05, 0) is 42.3 Å². The van der Waals surface area contributed by atoms with E-state index in [0.29, 0.717) is 11.1 Å². The van der Waals surface area contributed by atoms with Crippen LogP contribution >= 0.6 is 0 Å². The van der Waals surface area contributed by atoms with Gasteiger partial charge in [-0.15, -0.1) is 0 Å². The Bertz CT molecular complexity index is 1200. The zero-order valence-electron chi connectivity index (χ0n) is 15.6. The van der Waals surface area contributed by atoms with Crippen molar-refractivity contribution in [3.63, 3.8) is 0 Å². The van der Waals surface area contributed by atoms with Gasteiger partial charge in [-0.3, -0.25) is 15.1 Å². The molecule has 0 saturated heterocycles. The number of nitro groups is 1. The lowest BCUT2D eigenvalue weighted by Gasteiger charge is -2.11. The van der Waals surface area contributed by atoms with Gasteiger partial charge < -0.3 is 5.11 Å². The van der Waals surface area contributed by atoms with E-state index in [0.717, 1.165) is 5.56 Å². The Labute approximate surface area is 168 Å². The van der Waals surface area contributed by atoms with Gasteiger partial charge in [0, 0.05) is 35.2 Å². The molecule has 1 aromatic heterocycles. The molecule has 2 aromatic carbocycles. The van der Waals surface area contributed by atoms with E-state index in [-0.39, 0.29) is 27.5 Å². The van der Waals surface area contributed by atoms with E-state index < -0.39 is 20.5 Å².